The van der Waals surface area contributed by atoms with Crippen molar-refractivity contribution < 1.29 is 19.0 Å². The fourth-order valence-corrected chi connectivity index (χ4v) is 1.25. The highest BCUT2D eigenvalue weighted by Gasteiger charge is 2.04. The lowest BCUT2D eigenvalue weighted by Gasteiger charge is -2.15. The molecule has 0 aliphatic heterocycles. The molecule has 5 heteroatoms. The number of hydrogen-bond donors (Lipinski definition) is 0. The predicted molar refractivity (Wildman–Crippen MR) is 66.1 cm³/mol. The van der Waals surface area contributed by atoms with E-state index in [4.69, 9.17) is 14.2 Å². The molecule has 0 aromatic carbocycles. The Morgan fingerprint density at radius 2 is 1.94 bits per heavy atom. The topological polar surface area (TPSA) is 48.0 Å². The summed E-state index contributed by atoms with van der Waals surface area (Å²) in [5.74, 6) is -0.139. The minimum absolute atomic E-state index is 0.139. The maximum atomic E-state index is 11.1. The molecular weight excluding hydrogens is 222 g/mol. The highest BCUT2D eigenvalue weighted by molar-refractivity contribution is 5.69. The molecule has 0 atom stereocenters. The Kier molecular flexibility index (Phi) is 11.4. The summed E-state index contributed by atoms with van der Waals surface area (Å²) < 4.78 is 15.2. The second-order valence-corrected chi connectivity index (χ2v) is 3.82. The van der Waals surface area contributed by atoms with E-state index in [-0.39, 0.29) is 5.97 Å². The van der Waals surface area contributed by atoms with Gasteiger partial charge in [0.05, 0.1) is 19.6 Å². The Labute approximate surface area is 104 Å². The Morgan fingerprint density at radius 1 is 1.18 bits per heavy atom. The monoisotopic (exact) mass is 247 g/mol. The van der Waals surface area contributed by atoms with E-state index in [0.717, 1.165) is 26.2 Å². The average molecular weight is 247 g/mol. The Balaban J connectivity index is 3.28. The molecule has 0 saturated carbocycles. The maximum absolute atomic E-state index is 11.1. The van der Waals surface area contributed by atoms with E-state index in [1.807, 2.05) is 14.0 Å². The van der Waals surface area contributed by atoms with Gasteiger partial charge in [0.1, 0.15) is 0 Å². The van der Waals surface area contributed by atoms with Crippen LogP contribution >= 0.6 is 0 Å². The summed E-state index contributed by atoms with van der Waals surface area (Å²) >= 11 is 0. The fraction of sp³-hybridized carbons (Fsp3) is 0.917. The number of esters is 1. The van der Waals surface area contributed by atoms with E-state index in [1.54, 1.807) is 7.11 Å². The molecule has 0 bridgehead atoms. The van der Waals surface area contributed by atoms with Crippen LogP contribution in [0.2, 0.25) is 0 Å². The number of ether oxygens (including phenoxy) is 3. The van der Waals surface area contributed by atoms with Crippen LogP contribution in [0.15, 0.2) is 0 Å². The first-order chi connectivity index (χ1) is 8.20. The summed E-state index contributed by atoms with van der Waals surface area (Å²) in [5, 5.41) is 0. The third kappa shape index (κ3) is 11.6. The summed E-state index contributed by atoms with van der Waals surface area (Å²) in [7, 11) is 3.65. The molecule has 0 aromatic heterocycles. The van der Waals surface area contributed by atoms with Crippen molar-refractivity contribution in [1.29, 1.82) is 0 Å². The Morgan fingerprint density at radius 3 is 2.59 bits per heavy atom. The molecule has 0 unspecified atom stereocenters. The zero-order valence-electron chi connectivity index (χ0n) is 11.2. The van der Waals surface area contributed by atoms with Gasteiger partial charge in [-0.25, -0.2) is 0 Å². The zero-order chi connectivity index (χ0) is 12.9. The van der Waals surface area contributed by atoms with Crippen LogP contribution in [-0.4, -0.2) is 64.5 Å². The van der Waals surface area contributed by atoms with Crippen molar-refractivity contribution in [3.63, 3.8) is 0 Å². The van der Waals surface area contributed by atoms with Crippen LogP contribution in [-0.2, 0) is 19.0 Å². The van der Waals surface area contributed by atoms with Crippen molar-refractivity contribution in [3.8, 4) is 0 Å². The number of carbonyl (C=O) groups is 1. The first-order valence-corrected chi connectivity index (χ1v) is 6.11. The third-order valence-corrected chi connectivity index (χ3v) is 2.26. The van der Waals surface area contributed by atoms with Crippen molar-refractivity contribution in [2.75, 3.05) is 53.7 Å². The summed E-state index contributed by atoms with van der Waals surface area (Å²) in [6.07, 6.45) is 1.36. The number of likely N-dealkylation sites (N-methyl/N-ethyl adjacent to an activating group) is 1. The maximum Gasteiger partial charge on any atom is 0.307 e. The average Bonchev–Trinajstić information content (AvgIpc) is 2.31. The summed E-state index contributed by atoms with van der Waals surface area (Å²) in [6.45, 7) is 5.94. The van der Waals surface area contributed by atoms with Gasteiger partial charge >= 0.3 is 5.97 Å². The molecule has 0 saturated heterocycles. The number of methoxy groups -OCH3 is 1. The standard InChI is InChI=1S/C12H25NO4/c1-4-17-12(14)6-7-13(2)8-11-16-10-5-9-15-3/h4-11H2,1-3H3. The Hall–Kier alpha value is -0.650. The van der Waals surface area contributed by atoms with E-state index in [1.165, 1.54) is 0 Å². The van der Waals surface area contributed by atoms with Crippen LogP contribution in [0.5, 0.6) is 0 Å². The molecule has 0 aliphatic carbocycles. The van der Waals surface area contributed by atoms with Gasteiger partial charge in [-0.15, -0.1) is 0 Å². The molecule has 5 nitrogen and oxygen atoms in total. The van der Waals surface area contributed by atoms with Gasteiger partial charge in [-0.3, -0.25) is 4.79 Å². The predicted octanol–water partition coefficient (Wildman–Crippen LogP) is 0.925. The van der Waals surface area contributed by atoms with Gasteiger partial charge in [-0.2, -0.15) is 0 Å². The van der Waals surface area contributed by atoms with Gasteiger partial charge in [-0.1, -0.05) is 0 Å². The molecule has 0 amide bonds. The Bertz CT molecular complexity index is 187. The summed E-state index contributed by atoms with van der Waals surface area (Å²) in [6, 6.07) is 0. The minimum Gasteiger partial charge on any atom is -0.466 e. The number of nitrogens with zero attached hydrogens (tertiary/aromatic N) is 1. The lowest BCUT2D eigenvalue weighted by Crippen LogP contribution is -2.26. The molecule has 0 N–H and O–H groups in total. The third-order valence-electron chi connectivity index (χ3n) is 2.26. The molecule has 102 valence electrons. The quantitative estimate of drug-likeness (QED) is 0.401. The van der Waals surface area contributed by atoms with Crippen LogP contribution in [0.4, 0.5) is 0 Å². The molecule has 0 aromatic rings. The van der Waals surface area contributed by atoms with E-state index < -0.39 is 0 Å². The summed E-state index contributed by atoms with van der Waals surface area (Å²) in [5.41, 5.74) is 0. The van der Waals surface area contributed by atoms with Crippen molar-refractivity contribution in [1.82, 2.24) is 4.90 Å². The fourth-order valence-electron chi connectivity index (χ4n) is 1.25. The number of hydrogen-bond acceptors (Lipinski definition) is 5. The highest BCUT2D eigenvalue weighted by atomic mass is 16.5. The van der Waals surface area contributed by atoms with Crippen LogP contribution in [0.1, 0.15) is 19.8 Å². The van der Waals surface area contributed by atoms with Crippen LogP contribution < -0.4 is 0 Å². The van der Waals surface area contributed by atoms with Gasteiger partial charge in [0.25, 0.3) is 0 Å². The first-order valence-electron chi connectivity index (χ1n) is 6.11. The van der Waals surface area contributed by atoms with Crippen LogP contribution in [0, 0.1) is 0 Å². The number of rotatable bonds is 11. The molecule has 0 rings (SSSR count). The van der Waals surface area contributed by atoms with Gasteiger partial charge in [-0.05, 0) is 20.4 Å². The molecule has 0 spiro atoms. The molecule has 0 fully saturated rings. The highest BCUT2D eigenvalue weighted by Crippen LogP contribution is 1.92. The van der Waals surface area contributed by atoms with Crippen molar-refractivity contribution >= 4 is 5.97 Å². The SMILES string of the molecule is CCOC(=O)CCN(C)CCOCCCOC. The van der Waals surface area contributed by atoms with E-state index in [2.05, 4.69) is 4.90 Å². The van der Waals surface area contributed by atoms with Gasteiger partial charge in [0.2, 0.25) is 0 Å². The second kappa shape index (κ2) is 11.8. The van der Waals surface area contributed by atoms with Gasteiger partial charge < -0.3 is 19.1 Å². The molecule has 0 heterocycles. The smallest absolute Gasteiger partial charge is 0.307 e. The second-order valence-electron chi connectivity index (χ2n) is 3.82. The lowest BCUT2D eigenvalue weighted by atomic mass is 10.4. The largest absolute Gasteiger partial charge is 0.466 e. The van der Waals surface area contributed by atoms with Crippen molar-refractivity contribution in [2.45, 2.75) is 19.8 Å². The van der Waals surface area contributed by atoms with E-state index in [9.17, 15) is 4.79 Å². The molecular formula is C12H25NO4. The van der Waals surface area contributed by atoms with E-state index >= 15 is 0 Å². The number of carbonyl (C=O) groups excluding carboxylic acids is 1. The zero-order valence-corrected chi connectivity index (χ0v) is 11.2. The van der Waals surface area contributed by atoms with Gasteiger partial charge in [0.15, 0.2) is 0 Å². The summed E-state index contributed by atoms with van der Waals surface area (Å²) in [4.78, 5) is 13.2. The molecule has 0 aliphatic rings. The van der Waals surface area contributed by atoms with Gasteiger partial charge in [0, 0.05) is 33.4 Å². The lowest BCUT2D eigenvalue weighted by molar-refractivity contribution is -0.143. The van der Waals surface area contributed by atoms with Crippen molar-refractivity contribution in [2.24, 2.45) is 0 Å². The van der Waals surface area contributed by atoms with Crippen LogP contribution in [0.25, 0.3) is 0 Å². The van der Waals surface area contributed by atoms with Crippen LogP contribution in [0.3, 0.4) is 0 Å². The minimum atomic E-state index is -0.139. The molecule has 17 heavy (non-hydrogen) atoms. The van der Waals surface area contributed by atoms with Crippen molar-refractivity contribution in [3.05, 3.63) is 0 Å². The molecule has 0 radical (unpaired) electrons. The normalized spacial score (nSPS) is 10.8. The first kappa shape index (κ1) is 16.4. The van der Waals surface area contributed by atoms with E-state index in [0.29, 0.717) is 26.2 Å².